The number of nitrogens with two attached hydrogens (primary N) is 1. The van der Waals surface area contributed by atoms with E-state index in [-0.39, 0.29) is 0 Å². The van der Waals surface area contributed by atoms with Crippen LogP contribution in [-0.4, -0.2) is 9.97 Å². The van der Waals surface area contributed by atoms with Crippen LogP contribution < -0.4 is 10.5 Å². The number of ether oxygens (including phenoxy) is 1. The molecule has 0 aliphatic rings. The summed E-state index contributed by atoms with van der Waals surface area (Å²) in [5, 5.41) is 0. The van der Waals surface area contributed by atoms with Gasteiger partial charge in [-0.2, -0.15) is 0 Å². The van der Waals surface area contributed by atoms with Crippen molar-refractivity contribution in [2.45, 2.75) is 26.7 Å². The Balaban J connectivity index is 2.28. The molecule has 0 atom stereocenters. The molecule has 0 unspecified atom stereocenters. The fraction of sp³-hybridized carbons (Fsp3) is 0.286. The molecule has 94 valence electrons. The fourth-order valence-corrected chi connectivity index (χ4v) is 1.58. The Morgan fingerprint density at radius 1 is 1.22 bits per heavy atom. The minimum absolute atomic E-state index is 0.338. The lowest BCUT2D eigenvalue weighted by atomic mass is 10.1. The molecule has 1 heterocycles. The van der Waals surface area contributed by atoms with Gasteiger partial charge in [-0.1, -0.05) is 26.0 Å². The maximum Gasteiger partial charge on any atom is 0.222 e. The van der Waals surface area contributed by atoms with Crippen LogP contribution in [0.4, 0.5) is 5.69 Å². The van der Waals surface area contributed by atoms with Gasteiger partial charge in [0.25, 0.3) is 0 Å². The van der Waals surface area contributed by atoms with Gasteiger partial charge in [-0.15, -0.1) is 0 Å². The zero-order chi connectivity index (χ0) is 13.1. The molecule has 0 radical (unpaired) electrons. The summed E-state index contributed by atoms with van der Waals surface area (Å²) in [5.41, 5.74) is 8.54. The van der Waals surface area contributed by atoms with Gasteiger partial charge >= 0.3 is 0 Å². The molecule has 0 saturated heterocycles. The minimum Gasteiger partial charge on any atom is -0.437 e. The average Bonchev–Trinajstić information content (AvgIpc) is 2.35. The molecule has 1 aromatic heterocycles. The highest BCUT2D eigenvalue weighted by Gasteiger charge is 2.07. The van der Waals surface area contributed by atoms with Crippen molar-refractivity contribution in [3.63, 3.8) is 0 Å². The number of benzene rings is 1. The summed E-state index contributed by atoms with van der Waals surface area (Å²) in [6.45, 7) is 6.10. The van der Waals surface area contributed by atoms with Crippen LogP contribution in [0.3, 0.4) is 0 Å². The van der Waals surface area contributed by atoms with Crippen LogP contribution in [-0.2, 0) is 0 Å². The molecule has 0 spiro atoms. The molecule has 4 heteroatoms. The molecule has 0 bridgehead atoms. The zero-order valence-electron chi connectivity index (χ0n) is 10.8. The highest BCUT2D eigenvalue weighted by Crippen LogP contribution is 2.29. The second-order valence-corrected chi connectivity index (χ2v) is 4.52. The van der Waals surface area contributed by atoms with Gasteiger partial charge in [-0.05, 0) is 24.5 Å². The number of nitrogen functional groups attached to an aromatic ring is 1. The first kappa shape index (κ1) is 12.4. The normalized spacial score (nSPS) is 10.7. The number of nitrogens with zero attached hydrogens (tertiary/aromatic N) is 2. The van der Waals surface area contributed by atoms with Gasteiger partial charge in [0.05, 0.1) is 11.4 Å². The Kier molecular flexibility index (Phi) is 3.46. The van der Waals surface area contributed by atoms with Crippen molar-refractivity contribution in [1.82, 2.24) is 9.97 Å². The molecule has 4 nitrogen and oxygen atoms in total. The summed E-state index contributed by atoms with van der Waals surface area (Å²) in [4.78, 5) is 8.30. The lowest BCUT2D eigenvalue weighted by Crippen LogP contribution is -1.98. The van der Waals surface area contributed by atoms with Crippen LogP contribution in [0.5, 0.6) is 11.6 Å². The molecule has 1 aromatic carbocycles. The Morgan fingerprint density at radius 3 is 2.72 bits per heavy atom. The van der Waals surface area contributed by atoms with E-state index in [1.165, 1.54) is 6.33 Å². The first-order valence-electron chi connectivity index (χ1n) is 5.93. The van der Waals surface area contributed by atoms with E-state index in [9.17, 15) is 0 Å². The predicted octanol–water partition coefficient (Wildman–Crippen LogP) is 3.28. The van der Waals surface area contributed by atoms with E-state index >= 15 is 0 Å². The van der Waals surface area contributed by atoms with E-state index in [0.29, 0.717) is 23.2 Å². The molecule has 2 N–H and O–H groups in total. The number of anilines is 1. The second kappa shape index (κ2) is 5.04. The highest BCUT2D eigenvalue weighted by atomic mass is 16.5. The quantitative estimate of drug-likeness (QED) is 0.840. The smallest absolute Gasteiger partial charge is 0.222 e. The average molecular weight is 243 g/mol. The number of aromatic nitrogens is 2. The summed E-state index contributed by atoms with van der Waals surface area (Å²) >= 11 is 0. The van der Waals surface area contributed by atoms with Crippen LogP contribution in [0.1, 0.15) is 31.0 Å². The van der Waals surface area contributed by atoms with Crippen LogP contribution in [0.25, 0.3) is 0 Å². The predicted molar refractivity (Wildman–Crippen MR) is 71.8 cm³/mol. The topological polar surface area (TPSA) is 61.0 Å². The second-order valence-electron chi connectivity index (χ2n) is 4.52. The molecule has 0 amide bonds. The SMILES string of the molecule is Cc1cccc(Oc2cc(C(C)C)ncn2)c1N. The minimum atomic E-state index is 0.338. The summed E-state index contributed by atoms with van der Waals surface area (Å²) in [5.74, 6) is 1.49. The van der Waals surface area contributed by atoms with Gasteiger partial charge in [0.15, 0.2) is 5.75 Å². The molecule has 2 rings (SSSR count). The highest BCUT2D eigenvalue weighted by molar-refractivity contribution is 5.58. The maximum absolute atomic E-state index is 5.96. The lowest BCUT2D eigenvalue weighted by Gasteiger charge is -2.10. The van der Waals surface area contributed by atoms with Crippen molar-refractivity contribution in [2.24, 2.45) is 0 Å². The Hall–Kier alpha value is -2.10. The van der Waals surface area contributed by atoms with Crippen LogP contribution in [0.2, 0.25) is 0 Å². The van der Waals surface area contributed by atoms with Gasteiger partial charge in [0.2, 0.25) is 5.88 Å². The molecule has 0 aliphatic heterocycles. The molecule has 0 saturated carbocycles. The van der Waals surface area contributed by atoms with Crippen molar-refractivity contribution in [2.75, 3.05) is 5.73 Å². The van der Waals surface area contributed by atoms with Crippen molar-refractivity contribution in [3.05, 3.63) is 41.9 Å². The van der Waals surface area contributed by atoms with Crippen molar-refractivity contribution < 1.29 is 4.74 Å². The molecular formula is C14H17N3O. The van der Waals surface area contributed by atoms with E-state index in [2.05, 4.69) is 23.8 Å². The fourth-order valence-electron chi connectivity index (χ4n) is 1.58. The van der Waals surface area contributed by atoms with Crippen LogP contribution in [0.15, 0.2) is 30.6 Å². The van der Waals surface area contributed by atoms with E-state index < -0.39 is 0 Å². The number of hydrogen-bond acceptors (Lipinski definition) is 4. The summed E-state index contributed by atoms with van der Waals surface area (Å²) in [6.07, 6.45) is 1.51. The van der Waals surface area contributed by atoms with E-state index in [4.69, 9.17) is 10.5 Å². The van der Waals surface area contributed by atoms with Gasteiger partial charge < -0.3 is 10.5 Å². The Morgan fingerprint density at radius 2 is 2.00 bits per heavy atom. The summed E-state index contributed by atoms with van der Waals surface area (Å²) in [7, 11) is 0. The first-order chi connectivity index (χ1) is 8.58. The third kappa shape index (κ3) is 2.59. The molecule has 0 aliphatic carbocycles. The van der Waals surface area contributed by atoms with Gasteiger partial charge in [-0.3, -0.25) is 0 Å². The number of para-hydroxylation sites is 1. The van der Waals surface area contributed by atoms with Gasteiger partial charge in [0.1, 0.15) is 6.33 Å². The molecule has 0 fully saturated rings. The Bertz CT molecular complexity index is 552. The zero-order valence-corrected chi connectivity index (χ0v) is 10.8. The van der Waals surface area contributed by atoms with E-state index in [1.807, 2.05) is 31.2 Å². The van der Waals surface area contributed by atoms with E-state index in [0.717, 1.165) is 11.3 Å². The van der Waals surface area contributed by atoms with Crippen molar-refractivity contribution in [1.29, 1.82) is 0 Å². The molecular weight excluding hydrogens is 226 g/mol. The summed E-state index contributed by atoms with van der Waals surface area (Å²) in [6, 6.07) is 7.53. The van der Waals surface area contributed by atoms with Crippen LogP contribution >= 0.6 is 0 Å². The standard InChI is InChI=1S/C14H17N3O/c1-9(2)11-7-13(17-8-16-11)18-12-6-4-5-10(3)14(12)15/h4-9H,15H2,1-3H3. The maximum atomic E-state index is 5.96. The summed E-state index contributed by atoms with van der Waals surface area (Å²) < 4.78 is 5.70. The van der Waals surface area contributed by atoms with Gasteiger partial charge in [0, 0.05) is 6.07 Å². The van der Waals surface area contributed by atoms with Crippen molar-refractivity contribution in [3.8, 4) is 11.6 Å². The Labute approximate surface area is 107 Å². The van der Waals surface area contributed by atoms with E-state index in [1.54, 1.807) is 0 Å². The molecule has 18 heavy (non-hydrogen) atoms. The van der Waals surface area contributed by atoms with Crippen molar-refractivity contribution >= 4 is 5.69 Å². The molecule has 2 aromatic rings. The number of hydrogen-bond donors (Lipinski definition) is 1. The lowest BCUT2D eigenvalue weighted by molar-refractivity contribution is 0.461. The van der Waals surface area contributed by atoms with Gasteiger partial charge in [-0.25, -0.2) is 9.97 Å². The largest absolute Gasteiger partial charge is 0.437 e. The third-order valence-electron chi connectivity index (χ3n) is 2.75. The first-order valence-corrected chi connectivity index (χ1v) is 5.93. The number of rotatable bonds is 3. The number of aryl methyl sites for hydroxylation is 1. The van der Waals surface area contributed by atoms with Crippen LogP contribution in [0, 0.1) is 6.92 Å². The monoisotopic (exact) mass is 243 g/mol. The third-order valence-corrected chi connectivity index (χ3v) is 2.75.